The van der Waals surface area contributed by atoms with Crippen molar-refractivity contribution < 1.29 is 19.4 Å². The fourth-order valence-corrected chi connectivity index (χ4v) is 2.66. The van der Waals surface area contributed by atoms with E-state index in [1.54, 1.807) is 0 Å². The Bertz CT molecular complexity index is 468. The molecule has 0 spiro atoms. The van der Waals surface area contributed by atoms with Crippen LogP contribution in [0, 0.1) is 5.92 Å². The fourth-order valence-electron chi connectivity index (χ4n) is 2.66. The molecule has 5 nitrogen and oxygen atoms in total. The van der Waals surface area contributed by atoms with E-state index in [1.807, 2.05) is 18.2 Å². The third kappa shape index (κ3) is 5.19. The Morgan fingerprint density at radius 2 is 1.95 bits per heavy atom. The highest BCUT2D eigenvalue weighted by molar-refractivity contribution is 5.76. The molecule has 1 aromatic rings. The van der Waals surface area contributed by atoms with Crippen LogP contribution in [0.1, 0.15) is 30.7 Å². The Kier molecular flexibility index (Phi) is 5.75. The van der Waals surface area contributed by atoms with Gasteiger partial charge in [-0.1, -0.05) is 30.3 Å². The van der Waals surface area contributed by atoms with Crippen LogP contribution in [0.25, 0.3) is 0 Å². The van der Waals surface area contributed by atoms with Crippen LogP contribution < -0.4 is 5.32 Å². The maximum atomic E-state index is 11.7. The first kappa shape index (κ1) is 15.5. The van der Waals surface area contributed by atoms with Crippen LogP contribution in [0.2, 0.25) is 0 Å². The summed E-state index contributed by atoms with van der Waals surface area (Å²) in [7, 11) is 0. The molecule has 0 heterocycles. The van der Waals surface area contributed by atoms with E-state index >= 15 is 0 Å². The SMILES string of the molecule is O=C(O)COCCNC(=O)CC1CC(c2ccccc2)C1. The minimum Gasteiger partial charge on any atom is -0.480 e. The van der Waals surface area contributed by atoms with Crippen molar-refractivity contribution in [2.45, 2.75) is 25.2 Å². The van der Waals surface area contributed by atoms with Gasteiger partial charge in [0.25, 0.3) is 0 Å². The van der Waals surface area contributed by atoms with Crippen LogP contribution in [0.5, 0.6) is 0 Å². The van der Waals surface area contributed by atoms with Gasteiger partial charge in [-0.05, 0) is 30.2 Å². The Morgan fingerprint density at radius 3 is 2.62 bits per heavy atom. The van der Waals surface area contributed by atoms with Crippen molar-refractivity contribution in [1.82, 2.24) is 5.32 Å². The monoisotopic (exact) mass is 291 g/mol. The topological polar surface area (TPSA) is 75.6 Å². The van der Waals surface area contributed by atoms with Crippen LogP contribution in [-0.2, 0) is 14.3 Å². The van der Waals surface area contributed by atoms with Crippen molar-refractivity contribution in [2.24, 2.45) is 5.92 Å². The predicted molar refractivity (Wildman–Crippen MR) is 78.0 cm³/mol. The number of amides is 1. The van der Waals surface area contributed by atoms with Gasteiger partial charge in [0.2, 0.25) is 5.91 Å². The molecule has 2 rings (SSSR count). The molecule has 0 bridgehead atoms. The Labute approximate surface area is 124 Å². The van der Waals surface area contributed by atoms with Gasteiger partial charge in [-0.25, -0.2) is 4.79 Å². The van der Waals surface area contributed by atoms with Crippen LogP contribution in [0.4, 0.5) is 0 Å². The summed E-state index contributed by atoms with van der Waals surface area (Å²) in [6.07, 6.45) is 2.67. The first-order valence-electron chi connectivity index (χ1n) is 7.26. The zero-order valence-corrected chi connectivity index (χ0v) is 12.0. The number of rotatable bonds is 8. The average Bonchev–Trinajstić information content (AvgIpc) is 2.42. The number of carbonyl (C=O) groups is 2. The first-order chi connectivity index (χ1) is 10.1. The molecule has 21 heavy (non-hydrogen) atoms. The van der Waals surface area contributed by atoms with Crippen molar-refractivity contribution >= 4 is 11.9 Å². The van der Waals surface area contributed by atoms with Crippen molar-refractivity contribution in [2.75, 3.05) is 19.8 Å². The zero-order valence-electron chi connectivity index (χ0n) is 12.0. The van der Waals surface area contributed by atoms with Gasteiger partial charge in [0.1, 0.15) is 6.61 Å². The molecule has 0 aliphatic heterocycles. The van der Waals surface area contributed by atoms with Crippen LogP contribution in [-0.4, -0.2) is 36.7 Å². The number of carboxylic acid groups (broad SMARTS) is 1. The van der Waals surface area contributed by atoms with Gasteiger partial charge in [-0.3, -0.25) is 4.79 Å². The molecule has 2 N–H and O–H groups in total. The van der Waals surface area contributed by atoms with E-state index < -0.39 is 5.97 Å². The third-order valence-corrected chi connectivity index (χ3v) is 3.77. The standard InChI is InChI=1S/C16H21NO4/c18-15(17-6-7-21-11-16(19)20)10-12-8-14(9-12)13-4-2-1-3-5-13/h1-5,12,14H,6-11H2,(H,17,18)(H,19,20). The summed E-state index contributed by atoms with van der Waals surface area (Å²) in [5, 5.41) is 11.1. The summed E-state index contributed by atoms with van der Waals surface area (Å²) in [6.45, 7) is 0.271. The van der Waals surface area contributed by atoms with E-state index in [4.69, 9.17) is 9.84 Å². The third-order valence-electron chi connectivity index (χ3n) is 3.77. The summed E-state index contributed by atoms with van der Waals surface area (Å²) in [5.41, 5.74) is 1.36. The number of nitrogens with one attached hydrogen (secondary N) is 1. The summed E-state index contributed by atoms with van der Waals surface area (Å²) in [6, 6.07) is 10.4. The number of aliphatic carboxylic acids is 1. The minimum atomic E-state index is -0.997. The molecular weight excluding hydrogens is 270 g/mol. The highest BCUT2D eigenvalue weighted by atomic mass is 16.5. The van der Waals surface area contributed by atoms with Crippen molar-refractivity contribution in [3.63, 3.8) is 0 Å². The van der Waals surface area contributed by atoms with E-state index in [9.17, 15) is 9.59 Å². The molecule has 1 saturated carbocycles. The minimum absolute atomic E-state index is 0.0189. The number of carbonyl (C=O) groups excluding carboxylic acids is 1. The second-order valence-corrected chi connectivity index (χ2v) is 5.45. The van der Waals surface area contributed by atoms with Gasteiger partial charge in [0.15, 0.2) is 0 Å². The summed E-state index contributed by atoms with van der Waals surface area (Å²) in [4.78, 5) is 21.9. The van der Waals surface area contributed by atoms with Crippen LogP contribution in [0.3, 0.4) is 0 Å². The van der Waals surface area contributed by atoms with E-state index in [1.165, 1.54) is 5.56 Å². The second kappa shape index (κ2) is 7.78. The van der Waals surface area contributed by atoms with E-state index in [-0.39, 0.29) is 19.1 Å². The maximum Gasteiger partial charge on any atom is 0.329 e. The average molecular weight is 291 g/mol. The molecule has 0 radical (unpaired) electrons. The van der Waals surface area contributed by atoms with Gasteiger partial charge < -0.3 is 15.2 Å². The lowest BCUT2D eigenvalue weighted by Crippen LogP contribution is -2.32. The number of benzene rings is 1. The number of ether oxygens (including phenoxy) is 1. The first-order valence-corrected chi connectivity index (χ1v) is 7.26. The highest BCUT2D eigenvalue weighted by Crippen LogP contribution is 2.43. The fraction of sp³-hybridized carbons (Fsp3) is 0.500. The number of hydrogen-bond donors (Lipinski definition) is 2. The molecule has 114 valence electrons. The summed E-state index contributed by atoms with van der Waals surface area (Å²) >= 11 is 0. The van der Waals surface area contributed by atoms with Gasteiger partial charge in [0.05, 0.1) is 6.61 Å². The number of carboxylic acids is 1. The Balaban J connectivity index is 1.55. The summed E-state index contributed by atoms with van der Waals surface area (Å²) < 4.78 is 4.85. The second-order valence-electron chi connectivity index (χ2n) is 5.45. The molecule has 0 unspecified atom stereocenters. The van der Waals surface area contributed by atoms with Crippen LogP contribution >= 0.6 is 0 Å². The van der Waals surface area contributed by atoms with E-state index in [0.717, 1.165) is 12.8 Å². The molecule has 1 fully saturated rings. The molecule has 0 saturated heterocycles. The maximum absolute atomic E-state index is 11.7. The molecular formula is C16H21NO4. The van der Waals surface area contributed by atoms with Crippen molar-refractivity contribution in [3.05, 3.63) is 35.9 Å². The number of hydrogen-bond acceptors (Lipinski definition) is 3. The van der Waals surface area contributed by atoms with Gasteiger partial charge in [-0.15, -0.1) is 0 Å². The summed E-state index contributed by atoms with van der Waals surface area (Å²) in [5.74, 6) is 0.0613. The Morgan fingerprint density at radius 1 is 1.24 bits per heavy atom. The van der Waals surface area contributed by atoms with Gasteiger partial charge >= 0.3 is 5.97 Å². The predicted octanol–water partition coefficient (Wildman–Crippen LogP) is 1.79. The zero-order chi connectivity index (χ0) is 15.1. The van der Waals surface area contributed by atoms with Gasteiger partial charge in [0, 0.05) is 13.0 Å². The van der Waals surface area contributed by atoms with Crippen molar-refractivity contribution in [3.8, 4) is 0 Å². The largest absolute Gasteiger partial charge is 0.480 e. The van der Waals surface area contributed by atoms with Gasteiger partial charge in [-0.2, -0.15) is 0 Å². The molecule has 5 heteroatoms. The molecule has 1 aromatic carbocycles. The lowest BCUT2D eigenvalue weighted by molar-refractivity contribution is -0.142. The molecule has 1 amide bonds. The van der Waals surface area contributed by atoms with Crippen molar-refractivity contribution in [1.29, 1.82) is 0 Å². The quantitative estimate of drug-likeness (QED) is 0.716. The molecule has 0 atom stereocenters. The highest BCUT2D eigenvalue weighted by Gasteiger charge is 2.31. The molecule has 1 aliphatic carbocycles. The molecule has 0 aromatic heterocycles. The van der Waals surface area contributed by atoms with E-state index in [2.05, 4.69) is 17.4 Å². The molecule has 1 aliphatic rings. The van der Waals surface area contributed by atoms with E-state index in [0.29, 0.717) is 24.8 Å². The lowest BCUT2D eigenvalue weighted by atomic mass is 9.70. The normalized spacial score (nSPS) is 20.6. The van der Waals surface area contributed by atoms with Crippen LogP contribution in [0.15, 0.2) is 30.3 Å². The smallest absolute Gasteiger partial charge is 0.329 e. The lowest BCUT2D eigenvalue weighted by Gasteiger charge is -2.35. The Hall–Kier alpha value is -1.88.